The third-order valence-corrected chi connectivity index (χ3v) is 2.80. The Labute approximate surface area is 105 Å². The van der Waals surface area contributed by atoms with Gasteiger partial charge in [-0.3, -0.25) is 0 Å². The molecule has 0 saturated heterocycles. The molecule has 0 saturated carbocycles. The van der Waals surface area contributed by atoms with E-state index in [-0.39, 0.29) is 5.69 Å². The van der Waals surface area contributed by atoms with E-state index >= 15 is 0 Å². The van der Waals surface area contributed by atoms with Crippen LogP contribution < -0.4 is 4.90 Å². The van der Waals surface area contributed by atoms with Crippen LogP contribution in [0.15, 0.2) is 18.3 Å². The van der Waals surface area contributed by atoms with Crippen LogP contribution in [0.4, 0.5) is 5.82 Å². The molecule has 0 atom stereocenters. The van der Waals surface area contributed by atoms with Crippen LogP contribution in [0.1, 0.15) is 30.3 Å². The summed E-state index contributed by atoms with van der Waals surface area (Å²) in [5, 5.41) is 13.0. The number of hydrogen-bond donors (Lipinski definition) is 1. The number of carbonyl (C=O) groups is 1. The number of carboxylic acid groups (broad SMARTS) is 1. The van der Waals surface area contributed by atoms with Crippen molar-refractivity contribution in [3.63, 3.8) is 0 Å². The van der Waals surface area contributed by atoms with E-state index in [4.69, 9.17) is 5.11 Å². The van der Waals surface area contributed by atoms with Gasteiger partial charge in [-0.05, 0) is 12.5 Å². The van der Waals surface area contributed by atoms with E-state index in [1.807, 2.05) is 13.1 Å². The lowest BCUT2D eigenvalue weighted by Gasteiger charge is -2.19. The van der Waals surface area contributed by atoms with E-state index in [1.165, 1.54) is 6.07 Å². The van der Waals surface area contributed by atoms with Gasteiger partial charge in [0.15, 0.2) is 11.3 Å². The highest BCUT2D eigenvalue weighted by Crippen LogP contribution is 2.15. The van der Waals surface area contributed by atoms with Crippen molar-refractivity contribution < 1.29 is 9.90 Å². The number of aromatic nitrogens is 3. The van der Waals surface area contributed by atoms with Gasteiger partial charge >= 0.3 is 5.97 Å². The molecule has 2 rings (SSSR count). The minimum Gasteiger partial charge on any atom is -0.476 e. The molecule has 6 heteroatoms. The Bertz CT molecular complexity index is 564. The summed E-state index contributed by atoms with van der Waals surface area (Å²) in [6.45, 7) is 3.03. The molecule has 1 N–H and O–H groups in total. The maximum absolute atomic E-state index is 10.9. The lowest BCUT2D eigenvalue weighted by Crippen LogP contribution is -2.21. The van der Waals surface area contributed by atoms with Crippen LogP contribution in [0.5, 0.6) is 0 Å². The van der Waals surface area contributed by atoms with Gasteiger partial charge in [-0.25, -0.2) is 9.78 Å². The second-order valence-electron chi connectivity index (χ2n) is 4.18. The quantitative estimate of drug-likeness (QED) is 0.871. The number of carboxylic acids is 1. The highest BCUT2D eigenvalue weighted by atomic mass is 16.4. The molecule has 2 aromatic rings. The van der Waals surface area contributed by atoms with E-state index in [1.54, 1.807) is 10.7 Å². The Morgan fingerprint density at radius 1 is 1.56 bits per heavy atom. The van der Waals surface area contributed by atoms with Crippen LogP contribution >= 0.6 is 0 Å². The summed E-state index contributed by atoms with van der Waals surface area (Å²) in [5.41, 5.74) is 0.562. The molecule has 0 aliphatic rings. The lowest BCUT2D eigenvalue weighted by molar-refractivity contribution is 0.0690. The van der Waals surface area contributed by atoms with E-state index in [0.29, 0.717) is 5.65 Å². The molecule has 18 heavy (non-hydrogen) atoms. The molecule has 2 heterocycles. The Hall–Kier alpha value is -2.11. The zero-order valence-corrected chi connectivity index (χ0v) is 10.5. The van der Waals surface area contributed by atoms with Crippen molar-refractivity contribution in [1.82, 2.24) is 14.6 Å². The SMILES string of the molecule is CCCCN(C)c1ccnc2cc(C(=O)O)nn12. The van der Waals surface area contributed by atoms with Crippen LogP contribution in [0.25, 0.3) is 5.65 Å². The largest absolute Gasteiger partial charge is 0.476 e. The van der Waals surface area contributed by atoms with E-state index in [0.717, 1.165) is 25.2 Å². The zero-order chi connectivity index (χ0) is 13.1. The van der Waals surface area contributed by atoms with Crippen LogP contribution in [0, 0.1) is 0 Å². The summed E-state index contributed by atoms with van der Waals surface area (Å²) >= 11 is 0. The molecule has 0 aliphatic carbocycles. The molecule has 96 valence electrons. The Balaban J connectivity index is 2.41. The van der Waals surface area contributed by atoms with Crippen molar-refractivity contribution in [2.45, 2.75) is 19.8 Å². The summed E-state index contributed by atoms with van der Waals surface area (Å²) in [6.07, 6.45) is 3.85. The fourth-order valence-electron chi connectivity index (χ4n) is 1.79. The smallest absolute Gasteiger partial charge is 0.356 e. The number of hydrogen-bond acceptors (Lipinski definition) is 4. The van der Waals surface area contributed by atoms with Gasteiger partial charge in [0.05, 0.1) is 0 Å². The fraction of sp³-hybridized carbons (Fsp3) is 0.417. The third kappa shape index (κ3) is 2.27. The molecule has 0 fully saturated rings. The number of nitrogens with zero attached hydrogens (tertiary/aromatic N) is 4. The molecule has 0 unspecified atom stereocenters. The van der Waals surface area contributed by atoms with Crippen LogP contribution in [-0.2, 0) is 0 Å². The number of fused-ring (bicyclic) bond motifs is 1. The minimum atomic E-state index is -1.04. The van der Waals surface area contributed by atoms with Crippen molar-refractivity contribution in [1.29, 1.82) is 0 Å². The van der Waals surface area contributed by atoms with Crippen molar-refractivity contribution in [2.75, 3.05) is 18.5 Å². The molecule has 2 aromatic heterocycles. The second kappa shape index (κ2) is 5.03. The first-order valence-corrected chi connectivity index (χ1v) is 5.92. The third-order valence-electron chi connectivity index (χ3n) is 2.80. The van der Waals surface area contributed by atoms with Crippen LogP contribution in [0.2, 0.25) is 0 Å². The predicted molar refractivity (Wildman–Crippen MR) is 68.1 cm³/mol. The first-order valence-electron chi connectivity index (χ1n) is 5.92. The van der Waals surface area contributed by atoms with E-state index in [2.05, 4.69) is 21.9 Å². The standard InChI is InChI=1S/C12H16N4O2/c1-3-4-7-15(2)11-5-6-13-10-8-9(12(17)18)14-16(10)11/h5-6,8H,3-4,7H2,1-2H3,(H,17,18). The molecule has 0 spiro atoms. The molecule has 0 radical (unpaired) electrons. The van der Waals surface area contributed by atoms with E-state index in [9.17, 15) is 4.79 Å². The monoisotopic (exact) mass is 248 g/mol. The first kappa shape index (κ1) is 12.3. The number of anilines is 1. The molecular formula is C12H16N4O2. The average Bonchev–Trinajstić information content (AvgIpc) is 2.79. The Kier molecular flexibility index (Phi) is 3.45. The van der Waals surface area contributed by atoms with Gasteiger partial charge in [-0.2, -0.15) is 9.61 Å². The van der Waals surface area contributed by atoms with Crippen molar-refractivity contribution >= 4 is 17.4 Å². The molecule has 6 nitrogen and oxygen atoms in total. The summed E-state index contributed by atoms with van der Waals surface area (Å²) in [7, 11) is 1.96. The number of unbranched alkanes of at least 4 members (excludes halogenated alkanes) is 1. The summed E-state index contributed by atoms with van der Waals surface area (Å²) < 4.78 is 1.57. The van der Waals surface area contributed by atoms with Crippen LogP contribution in [0.3, 0.4) is 0 Å². The van der Waals surface area contributed by atoms with Crippen molar-refractivity contribution in [2.24, 2.45) is 0 Å². The average molecular weight is 248 g/mol. The molecule has 0 aliphatic heterocycles. The fourth-order valence-corrected chi connectivity index (χ4v) is 1.79. The van der Waals surface area contributed by atoms with Gasteiger partial charge in [0.2, 0.25) is 0 Å². The Morgan fingerprint density at radius 3 is 3.00 bits per heavy atom. The molecule has 0 bridgehead atoms. The summed E-state index contributed by atoms with van der Waals surface area (Å²) in [6, 6.07) is 3.31. The molecule has 0 aromatic carbocycles. The van der Waals surface area contributed by atoms with Crippen molar-refractivity contribution in [3.8, 4) is 0 Å². The highest BCUT2D eigenvalue weighted by molar-refractivity contribution is 5.86. The topological polar surface area (TPSA) is 70.7 Å². The predicted octanol–water partition coefficient (Wildman–Crippen LogP) is 1.66. The maximum atomic E-state index is 10.9. The summed E-state index contributed by atoms with van der Waals surface area (Å²) in [4.78, 5) is 17.1. The lowest BCUT2D eigenvalue weighted by atomic mass is 10.3. The molecule has 0 amide bonds. The van der Waals surface area contributed by atoms with Crippen molar-refractivity contribution in [3.05, 3.63) is 24.0 Å². The van der Waals surface area contributed by atoms with Gasteiger partial charge in [0.1, 0.15) is 5.82 Å². The second-order valence-corrected chi connectivity index (χ2v) is 4.18. The normalized spacial score (nSPS) is 10.8. The Morgan fingerprint density at radius 2 is 2.33 bits per heavy atom. The van der Waals surface area contributed by atoms with Gasteiger partial charge in [0, 0.05) is 25.9 Å². The number of rotatable bonds is 5. The summed E-state index contributed by atoms with van der Waals surface area (Å²) in [5.74, 6) is -0.191. The van der Waals surface area contributed by atoms with Gasteiger partial charge < -0.3 is 10.0 Å². The van der Waals surface area contributed by atoms with Gasteiger partial charge in [0.25, 0.3) is 0 Å². The molecular weight excluding hydrogens is 232 g/mol. The number of aromatic carboxylic acids is 1. The zero-order valence-electron chi connectivity index (χ0n) is 10.5. The minimum absolute atomic E-state index is 0.0128. The first-order chi connectivity index (χ1) is 8.63. The van der Waals surface area contributed by atoms with Gasteiger partial charge in [-0.1, -0.05) is 13.3 Å². The van der Waals surface area contributed by atoms with Crippen LogP contribution in [-0.4, -0.2) is 39.3 Å². The highest BCUT2D eigenvalue weighted by Gasteiger charge is 2.13. The van der Waals surface area contributed by atoms with Gasteiger partial charge in [-0.15, -0.1) is 0 Å². The maximum Gasteiger partial charge on any atom is 0.356 e. The van der Waals surface area contributed by atoms with E-state index < -0.39 is 5.97 Å².